The summed E-state index contributed by atoms with van der Waals surface area (Å²) in [6, 6.07) is 6.44. The summed E-state index contributed by atoms with van der Waals surface area (Å²) in [5.41, 5.74) is 2.78. The van der Waals surface area contributed by atoms with Crippen LogP contribution < -0.4 is 5.32 Å². The van der Waals surface area contributed by atoms with Gasteiger partial charge < -0.3 is 5.32 Å². The number of benzene rings is 1. The maximum atomic E-state index is 13.4. The number of unbranched alkanes of at least 4 members (excludes halogenated alkanes) is 1. The molecule has 4 rings (SSSR count). The number of halogens is 2. The van der Waals surface area contributed by atoms with Crippen molar-refractivity contribution >= 4 is 5.91 Å². The van der Waals surface area contributed by atoms with Crippen molar-refractivity contribution < 1.29 is 13.6 Å². The summed E-state index contributed by atoms with van der Waals surface area (Å²) in [6.07, 6.45) is 3.74. The van der Waals surface area contributed by atoms with E-state index in [9.17, 15) is 13.6 Å². The van der Waals surface area contributed by atoms with Gasteiger partial charge in [0.25, 0.3) is 12.3 Å². The second-order valence-corrected chi connectivity index (χ2v) is 8.31. The van der Waals surface area contributed by atoms with Crippen LogP contribution in [0.15, 0.2) is 24.4 Å². The normalized spacial score (nSPS) is 25.4. The number of rotatable bonds is 6. The topological polar surface area (TPSA) is 46.9 Å². The lowest BCUT2D eigenvalue weighted by atomic mass is 9.81. The number of nitrogens with one attached hydrogen (secondary N) is 1. The fourth-order valence-corrected chi connectivity index (χ4v) is 5.42. The zero-order valence-corrected chi connectivity index (χ0v) is 16.6. The van der Waals surface area contributed by atoms with Gasteiger partial charge in [0.05, 0.1) is 11.1 Å². The third-order valence-corrected chi connectivity index (χ3v) is 6.57. The maximum Gasteiger partial charge on any atom is 0.282 e. The lowest BCUT2D eigenvalue weighted by Crippen LogP contribution is -2.47. The first-order valence-electron chi connectivity index (χ1n) is 10.1. The molecule has 1 heterocycles. The monoisotopic (exact) mass is 387 g/mol. The van der Waals surface area contributed by atoms with Gasteiger partial charge in [0.15, 0.2) is 0 Å². The number of hydrogen-bond acceptors (Lipinski definition) is 2. The van der Waals surface area contributed by atoms with Crippen LogP contribution in [-0.4, -0.2) is 15.7 Å². The summed E-state index contributed by atoms with van der Waals surface area (Å²) in [6.45, 7) is 4.26. The molecule has 2 aliphatic carbocycles. The molecule has 28 heavy (non-hydrogen) atoms. The second kappa shape index (κ2) is 6.98. The second-order valence-electron chi connectivity index (χ2n) is 8.31. The third kappa shape index (κ3) is 2.85. The van der Waals surface area contributed by atoms with E-state index in [1.807, 2.05) is 0 Å². The van der Waals surface area contributed by atoms with Gasteiger partial charge in [-0.15, -0.1) is 0 Å². The van der Waals surface area contributed by atoms with Gasteiger partial charge >= 0.3 is 0 Å². The predicted octanol–water partition coefficient (Wildman–Crippen LogP) is 4.99. The number of carbonyl (C=O) groups is 1. The molecule has 2 bridgehead atoms. The van der Waals surface area contributed by atoms with E-state index in [0.29, 0.717) is 11.8 Å². The third-order valence-electron chi connectivity index (χ3n) is 6.57. The molecule has 4 nitrogen and oxygen atoms in total. The summed E-state index contributed by atoms with van der Waals surface area (Å²) >= 11 is 0. The highest BCUT2D eigenvalue weighted by Gasteiger charge is 2.57. The lowest BCUT2D eigenvalue weighted by Gasteiger charge is -2.35. The summed E-state index contributed by atoms with van der Waals surface area (Å²) in [5.74, 6) is 0.309. The molecule has 3 atom stereocenters. The van der Waals surface area contributed by atoms with Gasteiger partial charge in [0.1, 0.15) is 5.69 Å². The molecule has 1 N–H and O–H groups in total. The smallest absolute Gasteiger partial charge is 0.282 e. The van der Waals surface area contributed by atoms with E-state index in [1.54, 1.807) is 7.05 Å². The van der Waals surface area contributed by atoms with E-state index < -0.39 is 23.6 Å². The molecule has 1 saturated carbocycles. The van der Waals surface area contributed by atoms with E-state index in [2.05, 4.69) is 42.5 Å². The van der Waals surface area contributed by atoms with E-state index in [4.69, 9.17) is 0 Å². The first-order valence-corrected chi connectivity index (χ1v) is 10.1. The SMILES string of the molecule is CCCCC1C2CCC1(NC(=O)c1cn(C)nc1C(F)F)c1ccc(C)cc12. The average Bonchev–Trinajstić information content (AvgIpc) is 3.28. The molecule has 1 aromatic carbocycles. The predicted molar refractivity (Wildman–Crippen MR) is 103 cm³/mol. The minimum absolute atomic E-state index is 0.0230. The highest BCUT2D eigenvalue weighted by molar-refractivity contribution is 5.96. The summed E-state index contributed by atoms with van der Waals surface area (Å²) in [4.78, 5) is 13.1. The Morgan fingerprint density at radius 2 is 2.21 bits per heavy atom. The highest BCUT2D eigenvalue weighted by atomic mass is 19.3. The zero-order valence-electron chi connectivity index (χ0n) is 16.6. The summed E-state index contributed by atoms with van der Waals surface area (Å²) in [5, 5.41) is 7.01. The van der Waals surface area contributed by atoms with Crippen molar-refractivity contribution in [3.63, 3.8) is 0 Å². The maximum absolute atomic E-state index is 13.4. The number of alkyl halides is 2. The molecular weight excluding hydrogens is 360 g/mol. The van der Waals surface area contributed by atoms with Crippen molar-refractivity contribution in [2.75, 3.05) is 0 Å². The van der Waals surface area contributed by atoms with Crippen LogP contribution in [0, 0.1) is 12.8 Å². The van der Waals surface area contributed by atoms with Crippen LogP contribution >= 0.6 is 0 Å². The van der Waals surface area contributed by atoms with Gasteiger partial charge in [0, 0.05) is 13.2 Å². The molecule has 0 saturated heterocycles. The molecule has 2 aliphatic rings. The first-order chi connectivity index (χ1) is 13.4. The molecule has 150 valence electrons. The Bertz CT molecular complexity index is 907. The molecular formula is C22H27F2N3O. The molecule has 6 heteroatoms. The molecule has 1 aromatic heterocycles. The van der Waals surface area contributed by atoms with Crippen molar-refractivity contribution in [1.82, 2.24) is 15.1 Å². The molecule has 1 amide bonds. The number of amides is 1. The first kappa shape index (κ1) is 19.1. The molecule has 3 unspecified atom stereocenters. The Balaban J connectivity index is 1.73. The van der Waals surface area contributed by atoms with E-state index in [1.165, 1.54) is 27.6 Å². The molecule has 0 aliphatic heterocycles. The minimum atomic E-state index is -2.77. The van der Waals surface area contributed by atoms with Gasteiger partial charge in [-0.05, 0) is 49.1 Å². The van der Waals surface area contributed by atoms with Gasteiger partial charge in [-0.3, -0.25) is 9.48 Å². The number of carbonyl (C=O) groups excluding carboxylic acids is 1. The van der Waals surface area contributed by atoms with Crippen LogP contribution in [-0.2, 0) is 12.6 Å². The largest absolute Gasteiger partial charge is 0.342 e. The Morgan fingerprint density at radius 1 is 1.43 bits per heavy atom. The zero-order chi connectivity index (χ0) is 20.1. The standard InChI is InChI=1S/C22H27F2N3O/c1-4-5-6-17-14-9-10-22(17,18-8-7-13(2)11-15(14)18)25-21(28)16-12-27(3)26-19(16)20(23)24/h7-8,11-12,14,17,20H,4-6,9-10H2,1-3H3,(H,25,28). The fourth-order valence-electron chi connectivity index (χ4n) is 5.42. The Kier molecular flexibility index (Phi) is 4.76. The van der Waals surface area contributed by atoms with Gasteiger partial charge in [-0.2, -0.15) is 5.10 Å². The van der Waals surface area contributed by atoms with Crippen LogP contribution in [0.1, 0.15) is 84.1 Å². The quantitative estimate of drug-likeness (QED) is 0.759. The average molecular weight is 387 g/mol. The van der Waals surface area contributed by atoms with Crippen molar-refractivity contribution in [1.29, 1.82) is 0 Å². The van der Waals surface area contributed by atoms with Crippen LogP contribution in [0.2, 0.25) is 0 Å². The van der Waals surface area contributed by atoms with Crippen LogP contribution in [0.25, 0.3) is 0 Å². The van der Waals surface area contributed by atoms with E-state index in [0.717, 1.165) is 32.1 Å². The van der Waals surface area contributed by atoms with E-state index in [-0.39, 0.29) is 5.56 Å². The minimum Gasteiger partial charge on any atom is -0.342 e. The Labute approximate surface area is 164 Å². The van der Waals surface area contributed by atoms with Crippen molar-refractivity contribution in [3.8, 4) is 0 Å². The number of aromatic nitrogens is 2. The van der Waals surface area contributed by atoms with Crippen LogP contribution in [0.3, 0.4) is 0 Å². The number of hydrogen-bond donors (Lipinski definition) is 1. The van der Waals surface area contributed by atoms with E-state index >= 15 is 0 Å². The van der Waals surface area contributed by atoms with Crippen molar-refractivity contribution in [3.05, 3.63) is 52.3 Å². The lowest BCUT2D eigenvalue weighted by molar-refractivity contribution is 0.0855. The van der Waals surface area contributed by atoms with Crippen LogP contribution in [0.4, 0.5) is 8.78 Å². The Morgan fingerprint density at radius 3 is 2.93 bits per heavy atom. The molecule has 0 spiro atoms. The Hall–Kier alpha value is -2.24. The number of fused-ring (bicyclic) bond motifs is 5. The van der Waals surface area contributed by atoms with Gasteiger partial charge in [-0.1, -0.05) is 43.5 Å². The highest BCUT2D eigenvalue weighted by Crippen LogP contribution is 2.61. The van der Waals surface area contributed by atoms with Crippen LogP contribution in [0.5, 0.6) is 0 Å². The van der Waals surface area contributed by atoms with Crippen molar-refractivity contribution in [2.24, 2.45) is 13.0 Å². The number of nitrogens with zero attached hydrogens (tertiary/aromatic N) is 2. The summed E-state index contributed by atoms with van der Waals surface area (Å²) < 4.78 is 28.0. The molecule has 1 fully saturated rings. The fraction of sp³-hybridized carbons (Fsp3) is 0.545. The molecule has 0 radical (unpaired) electrons. The number of aryl methyl sites for hydroxylation is 2. The molecule has 2 aromatic rings. The van der Waals surface area contributed by atoms with Gasteiger partial charge in [0.2, 0.25) is 0 Å². The summed E-state index contributed by atoms with van der Waals surface area (Å²) in [7, 11) is 1.56. The van der Waals surface area contributed by atoms with Crippen molar-refractivity contribution in [2.45, 2.75) is 63.8 Å². The van der Waals surface area contributed by atoms with Gasteiger partial charge in [-0.25, -0.2) is 8.78 Å².